The fourth-order valence-electron chi connectivity index (χ4n) is 2.58. The van der Waals surface area contributed by atoms with Crippen molar-refractivity contribution in [3.8, 4) is 5.75 Å². The van der Waals surface area contributed by atoms with Gasteiger partial charge in [0.2, 0.25) is 0 Å². The zero-order valence-electron chi connectivity index (χ0n) is 11.6. The summed E-state index contributed by atoms with van der Waals surface area (Å²) in [5, 5.41) is 13.6. The van der Waals surface area contributed by atoms with Crippen LogP contribution in [0.25, 0.3) is 0 Å². The van der Waals surface area contributed by atoms with Crippen LogP contribution in [0.1, 0.15) is 30.9 Å². The summed E-state index contributed by atoms with van der Waals surface area (Å²) >= 11 is 0. The predicted octanol–water partition coefficient (Wildman–Crippen LogP) is 1.89. The molecule has 0 heterocycles. The van der Waals surface area contributed by atoms with Gasteiger partial charge in [-0.25, -0.2) is 0 Å². The maximum Gasteiger partial charge on any atom is 0.119 e. The van der Waals surface area contributed by atoms with Gasteiger partial charge in [0.05, 0.1) is 19.3 Å². The first-order valence-corrected chi connectivity index (χ1v) is 6.81. The van der Waals surface area contributed by atoms with Gasteiger partial charge < -0.3 is 19.9 Å². The van der Waals surface area contributed by atoms with E-state index in [1.165, 1.54) is 0 Å². The third-order valence-corrected chi connectivity index (χ3v) is 3.80. The van der Waals surface area contributed by atoms with Gasteiger partial charge in [-0.2, -0.15) is 0 Å². The molecule has 0 radical (unpaired) electrons. The topological polar surface area (TPSA) is 50.7 Å². The summed E-state index contributed by atoms with van der Waals surface area (Å²) in [6.45, 7) is 0.564. The molecule has 1 aliphatic rings. The van der Waals surface area contributed by atoms with Crippen molar-refractivity contribution in [2.75, 3.05) is 20.8 Å². The lowest BCUT2D eigenvalue weighted by molar-refractivity contribution is 0.105. The molecule has 0 aromatic heterocycles. The number of ether oxygens (including phenoxy) is 2. The molecule has 1 aliphatic carbocycles. The van der Waals surface area contributed by atoms with E-state index in [4.69, 9.17) is 9.47 Å². The van der Waals surface area contributed by atoms with Crippen molar-refractivity contribution in [3.05, 3.63) is 29.8 Å². The number of aliphatic hydroxyl groups is 1. The van der Waals surface area contributed by atoms with E-state index in [0.29, 0.717) is 18.7 Å². The van der Waals surface area contributed by atoms with Gasteiger partial charge in [-0.05, 0) is 37.0 Å². The summed E-state index contributed by atoms with van der Waals surface area (Å²) in [6, 6.07) is 8.02. The molecule has 3 unspecified atom stereocenters. The zero-order valence-corrected chi connectivity index (χ0v) is 11.6. The van der Waals surface area contributed by atoms with Gasteiger partial charge in [-0.15, -0.1) is 0 Å². The number of rotatable bonds is 6. The van der Waals surface area contributed by atoms with Crippen LogP contribution in [0.4, 0.5) is 0 Å². The highest BCUT2D eigenvalue weighted by Gasteiger charge is 2.24. The molecular formula is C15H23NO3. The SMILES string of the molecule is COc1cccc(C(O)CNC2CCC(OC)C2)c1. The van der Waals surface area contributed by atoms with Crippen LogP contribution < -0.4 is 10.1 Å². The number of aliphatic hydroxyl groups excluding tert-OH is 1. The maximum atomic E-state index is 10.2. The first kappa shape index (κ1) is 14.3. The summed E-state index contributed by atoms with van der Waals surface area (Å²) in [5.41, 5.74) is 0.883. The normalized spacial score (nSPS) is 24.4. The molecule has 2 rings (SSSR count). The molecule has 1 fully saturated rings. The third-order valence-electron chi connectivity index (χ3n) is 3.80. The monoisotopic (exact) mass is 265 g/mol. The predicted molar refractivity (Wildman–Crippen MR) is 74.4 cm³/mol. The number of benzene rings is 1. The van der Waals surface area contributed by atoms with Crippen LogP contribution in [-0.4, -0.2) is 38.0 Å². The molecule has 106 valence electrons. The van der Waals surface area contributed by atoms with E-state index in [-0.39, 0.29) is 0 Å². The summed E-state index contributed by atoms with van der Waals surface area (Å²) in [4.78, 5) is 0. The van der Waals surface area contributed by atoms with Crippen LogP contribution in [0.15, 0.2) is 24.3 Å². The Morgan fingerprint density at radius 2 is 2.21 bits per heavy atom. The van der Waals surface area contributed by atoms with Crippen molar-refractivity contribution in [3.63, 3.8) is 0 Å². The Hall–Kier alpha value is -1.10. The Labute approximate surface area is 114 Å². The summed E-state index contributed by atoms with van der Waals surface area (Å²) < 4.78 is 10.5. The molecule has 2 N–H and O–H groups in total. The second-order valence-corrected chi connectivity index (χ2v) is 5.07. The van der Waals surface area contributed by atoms with E-state index in [2.05, 4.69) is 5.32 Å². The summed E-state index contributed by atoms with van der Waals surface area (Å²) in [5.74, 6) is 0.775. The van der Waals surface area contributed by atoms with Crippen molar-refractivity contribution < 1.29 is 14.6 Å². The molecular weight excluding hydrogens is 242 g/mol. The standard InChI is InChI=1S/C15H23NO3/c1-18-13-5-3-4-11(8-13)15(17)10-16-12-6-7-14(9-12)19-2/h3-5,8,12,14-17H,6-7,9-10H2,1-2H3. The van der Waals surface area contributed by atoms with Gasteiger partial charge in [0.15, 0.2) is 0 Å². The molecule has 3 atom stereocenters. The Balaban J connectivity index is 1.82. The van der Waals surface area contributed by atoms with E-state index in [9.17, 15) is 5.11 Å². The van der Waals surface area contributed by atoms with Crippen LogP contribution in [0.2, 0.25) is 0 Å². The minimum Gasteiger partial charge on any atom is -0.497 e. The average Bonchev–Trinajstić information content (AvgIpc) is 2.93. The van der Waals surface area contributed by atoms with Crippen LogP contribution in [-0.2, 0) is 4.74 Å². The second kappa shape index (κ2) is 6.89. The van der Waals surface area contributed by atoms with Crippen molar-refractivity contribution >= 4 is 0 Å². The summed E-state index contributed by atoms with van der Waals surface area (Å²) in [7, 11) is 3.39. The first-order valence-electron chi connectivity index (χ1n) is 6.81. The van der Waals surface area contributed by atoms with Gasteiger partial charge in [0.1, 0.15) is 5.75 Å². The van der Waals surface area contributed by atoms with E-state index < -0.39 is 6.10 Å². The lowest BCUT2D eigenvalue weighted by Crippen LogP contribution is -2.31. The van der Waals surface area contributed by atoms with Gasteiger partial charge in [0.25, 0.3) is 0 Å². The Kier molecular flexibility index (Phi) is 5.19. The number of hydrogen-bond acceptors (Lipinski definition) is 4. The highest BCUT2D eigenvalue weighted by atomic mass is 16.5. The van der Waals surface area contributed by atoms with Crippen LogP contribution in [0, 0.1) is 0 Å². The van der Waals surface area contributed by atoms with Gasteiger partial charge in [-0.3, -0.25) is 0 Å². The maximum absolute atomic E-state index is 10.2. The number of methoxy groups -OCH3 is 2. The van der Waals surface area contributed by atoms with Crippen molar-refractivity contribution in [1.29, 1.82) is 0 Å². The molecule has 0 aliphatic heterocycles. The van der Waals surface area contributed by atoms with E-state index in [1.54, 1.807) is 14.2 Å². The third kappa shape index (κ3) is 3.93. The van der Waals surface area contributed by atoms with Crippen molar-refractivity contribution in [2.45, 2.75) is 37.5 Å². The van der Waals surface area contributed by atoms with E-state index in [1.807, 2.05) is 24.3 Å². The quantitative estimate of drug-likeness (QED) is 0.824. The zero-order chi connectivity index (χ0) is 13.7. The molecule has 19 heavy (non-hydrogen) atoms. The van der Waals surface area contributed by atoms with Crippen LogP contribution in [0.5, 0.6) is 5.75 Å². The van der Waals surface area contributed by atoms with Gasteiger partial charge in [0, 0.05) is 19.7 Å². The fourth-order valence-corrected chi connectivity index (χ4v) is 2.58. The van der Waals surface area contributed by atoms with Crippen LogP contribution >= 0.6 is 0 Å². The molecule has 0 spiro atoms. The highest BCUT2D eigenvalue weighted by molar-refractivity contribution is 5.29. The highest BCUT2D eigenvalue weighted by Crippen LogP contribution is 2.23. The van der Waals surface area contributed by atoms with Gasteiger partial charge in [-0.1, -0.05) is 12.1 Å². The number of hydrogen-bond donors (Lipinski definition) is 2. The minimum absolute atomic E-state index is 0.367. The molecule has 4 heteroatoms. The molecule has 1 aromatic carbocycles. The lowest BCUT2D eigenvalue weighted by Gasteiger charge is -2.17. The van der Waals surface area contributed by atoms with Crippen LogP contribution in [0.3, 0.4) is 0 Å². The fraction of sp³-hybridized carbons (Fsp3) is 0.600. The molecule has 0 bridgehead atoms. The molecule has 4 nitrogen and oxygen atoms in total. The average molecular weight is 265 g/mol. The lowest BCUT2D eigenvalue weighted by atomic mass is 10.1. The number of nitrogens with one attached hydrogen (secondary N) is 1. The summed E-state index contributed by atoms with van der Waals surface area (Å²) in [6.07, 6.45) is 3.11. The molecule has 1 aromatic rings. The largest absolute Gasteiger partial charge is 0.497 e. The second-order valence-electron chi connectivity index (χ2n) is 5.07. The molecule has 0 saturated heterocycles. The smallest absolute Gasteiger partial charge is 0.119 e. The Morgan fingerprint density at radius 3 is 2.89 bits per heavy atom. The molecule has 1 saturated carbocycles. The van der Waals surface area contributed by atoms with E-state index in [0.717, 1.165) is 30.6 Å². The molecule has 0 amide bonds. The van der Waals surface area contributed by atoms with Gasteiger partial charge >= 0.3 is 0 Å². The van der Waals surface area contributed by atoms with Crippen molar-refractivity contribution in [1.82, 2.24) is 5.32 Å². The first-order chi connectivity index (χ1) is 9.22. The van der Waals surface area contributed by atoms with E-state index >= 15 is 0 Å². The van der Waals surface area contributed by atoms with Crippen molar-refractivity contribution in [2.24, 2.45) is 0 Å². The minimum atomic E-state index is -0.503. The Bertz CT molecular complexity index is 397. The Morgan fingerprint density at radius 1 is 1.37 bits per heavy atom.